The van der Waals surface area contributed by atoms with Gasteiger partial charge in [0, 0.05) is 32.7 Å². The van der Waals surface area contributed by atoms with Crippen molar-refractivity contribution in [2.24, 2.45) is 10.9 Å². The van der Waals surface area contributed by atoms with E-state index in [0.29, 0.717) is 18.4 Å². The van der Waals surface area contributed by atoms with Gasteiger partial charge in [-0.2, -0.15) is 4.98 Å². The van der Waals surface area contributed by atoms with Crippen LogP contribution in [0.25, 0.3) is 0 Å². The second-order valence-electron chi connectivity index (χ2n) is 6.12. The van der Waals surface area contributed by atoms with E-state index >= 15 is 0 Å². The third-order valence-electron chi connectivity index (χ3n) is 4.21. The van der Waals surface area contributed by atoms with Gasteiger partial charge in [-0.1, -0.05) is 6.92 Å². The number of aromatic nitrogens is 2. The topological polar surface area (TPSA) is 92.2 Å². The smallest absolute Gasteiger partial charge is 0.310 e. The summed E-state index contributed by atoms with van der Waals surface area (Å²) in [4.78, 5) is 29.3. The number of carbonyl (C=O) groups is 1. The highest BCUT2D eigenvalue weighted by Crippen LogP contribution is 2.23. The molecule has 1 unspecified atom stereocenters. The number of rotatable bonds is 6. The van der Waals surface area contributed by atoms with Gasteiger partial charge in [-0.15, -0.1) is 24.0 Å². The summed E-state index contributed by atoms with van der Waals surface area (Å²) in [6.45, 7) is 8.08. The Kier molecular flexibility index (Phi) is 10.8. The fourth-order valence-electron chi connectivity index (χ4n) is 2.68. The number of ether oxygens (including phenoxy) is 2. The van der Waals surface area contributed by atoms with Crippen LogP contribution in [0.15, 0.2) is 15.7 Å². The summed E-state index contributed by atoms with van der Waals surface area (Å²) in [5.74, 6) is 1.46. The number of guanidine groups is 1. The number of carbonyl (C=O) groups excluding carboxylic acids is 1. The second-order valence-corrected chi connectivity index (χ2v) is 6.97. The first-order valence-electron chi connectivity index (χ1n) is 8.92. The summed E-state index contributed by atoms with van der Waals surface area (Å²) in [7, 11) is 2.98. The van der Waals surface area contributed by atoms with E-state index in [4.69, 9.17) is 9.47 Å². The number of nitrogens with zero attached hydrogens (tertiary/aromatic N) is 5. The molecule has 1 aromatic heterocycles. The minimum Gasteiger partial charge on any atom is -0.480 e. The van der Waals surface area contributed by atoms with Gasteiger partial charge in [0.2, 0.25) is 11.8 Å². The third kappa shape index (κ3) is 6.61. The molecule has 1 fully saturated rings. The number of hydrogen-bond donors (Lipinski definition) is 1. The van der Waals surface area contributed by atoms with Crippen molar-refractivity contribution in [2.75, 3.05) is 58.4 Å². The Hall–Kier alpha value is -1.37. The molecule has 1 aliphatic rings. The maximum atomic E-state index is 11.6. The molecule has 0 amide bonds. The standard InChI is InChI=1S/C17H27BrN6O3.HI/c1-5-19-16(20-10-12(2)15(25)27-4)23-6-8-24(9-7-23)17-21-11-13(18)14(22-17)26-3;/h11-12H,5-10H2,1-4H3,(H,19,20);1H. The Balaban J connectivity index is 0.00000392. The largest absolute Gasteiger partial charge is 0.480 e. The van der Waals surface area contributed by atoms with Gasteiger partial charge in [-0.3, -0.25) is 9.79 Å². The van der Waals surface area contributed by atoms with Crippen LogP contribution >= 0.6 is 39.9 Å². The molecule has 0 spiro atoms. The molecule has 1 aromatic rings. The van der Waals surface area contributed by atoms with Gasteiger partial charge < -0.3 is 24.6 Å². The maximum absolute atomic E-state index is 11.6. The Bertz CT molecular complexity index is 670. The Morgan fingerprint density at radius 2 is 2.04 bits per heavy atom. The molecule has 2 rings (SSSR count). The summed E-state index contributed by atoms with van der Waals surface area (Å²) in [5.41, 5.74) is 0. The normalized spacial score (nSPS) is 15.5. The predicted molar refractivity (Wildman–Crippen MR) is 123 cm³/mol. The molecule has 0 bridgehead atoms. The third-order valence-corrected chi connectivity index (χ3v) is 4.75. The van der Waals surface area contributed by atoms with Gasteiger partial charge in [0.1, 0.15) is 0 Å². The predicted octanol–water partition coefficient (Wildman–Crippen LogP) is 1.76. The Morgan fingerprint density at radius 3 is 2.61 bits per heavy atom. The highest BCUT2D eigenvalue weighted by molar-refractivity contribution is 14.0. The SMILES string of the molecule is CCNC(=NCC(C)C(=O)OC)N1CCN(c2ncc(Br)c(OC)n2)CC1.I. The molecule has 9 nitrogen and oxygen atoms in total. The van der Waals surface area contributed by atoms with Crippen molar-refractivity contribution in [2.45, 2.75) is 13.8 Å². The van der Waals surface area contributed by atoms with Crippen LogP contribution in [0.4, 0.5) is 5.95 Å². The highest BCUT2D eigenvalue weighted by Gasteiger charge is 2.22. The first kappa shape index (κ1) is 24.7. The molecule has 0 saturated carbocycles. The lowest BCUT2D eigenvalue weighted by molar-refractivity contribution is -0.144. The molecule has 28 heavy (non-hydrogen) atoms. The van der Waals surface area contributed by atoms with Crippen LogP contribution in [-0.4, -0.2) is 80.3 Å². The van der Waals surface area contributed by atoms with Crippen molar-refractivity contribution in [1.29, 1.82) is 0 Å². The van der Waals surface area contributed by atoms with Gasteiger partial charge in [0.15, 0.2) is 5.96 Å². The molecule has 11 heteroatoms. The summed E-state index contributed by atoms with van der Waals surface area (Å²) in [6.07, 6.45) is 1.70. The number of methoxy groups -OCH3 is 2. The summed E-state index contributed by atoms with van der Waals surface area (Å²) in [5, 5.41) is 3.29. The summed E-state index contributed by atoms with van der Waals surface area (Å²) < 4.78 is 10.7. The number of anilines is 1. The Labute approximate surface area is 191 Å². The molecule has 1 aliphatic heterocycles. The van der Waals surface area contributed by atoms with Crippen molar-refractivity contribution in [3.05, 3.63) is 10.7 Å². The zero-order valence-electron chi connectivity index (χ0n) is 16.6. The second kappa shape index (κ2) is 12.2. The van der Waals surface area contributed by atoms with E-state index in [0.717, 1.165) is 43.2 Å². The molecular weight excluding hydrogens is 543 g/mol. The number of nitrogens with one attached hydrogen (secondary N) is 1. The maximum Gasteiger partial charge on any atom is 0.310 e. The first-order valence-corrected chi connectivity index (χ1v) is 9.72. The summed E-state index contributed by atoms with van der Waals surface area (Å²) in [6, 6.07) is 0. The van der Waals surface area contributed by atoms with E-state index in [2.05, 4.69) is 46.0 Å². The van der Waals surface area contributed by atoms with Crippen LogP contribution in [-0.2, 0) is 9.53 Å². The number of aliphatic imine (C=N–C) groups is 1. The number of hydrogen-bond acceptors (Lipinski definition) is 7. The van der Waals surface area contributed by atoms with Crippen LogP contribution in [0, 0.1) is 5.92 Å². The summed E-state index contributed by atoms with van der Waals surface area (Å²) >= 11 is 3.37. The van der Waals surface area contributed by atoms with Gasteiger partial charge in [-0.25, -0.2) is 4.98 Å². The molecule has 158 valence electrons. The van der Waals surface area contributed by atoms with E-state index in [9.17, 15) is 4.79 Å². The highest BCUT2D eigenvalue weighted by atomic mass is 127. The molecule has 0 aromatic carbocycles. The number of esters is 1. The number of halogens is 2. The van der Waals surface area contributed by atoms with E-state index in [-0.39, 0.29) is 35.9 Å². The molecule has 1 atom stereocenters. The molecule has 1 saturated heterocycles. The van der Waals surface area contributed by atoms with Crippen LogP contribution < -0.4 is 15.0 Å². The van der Waals surface area contributed by atoms with Crippen molar-refractivity contribution in [1.82, 2.24) is 20.2 Å². The fraction of sp³-hybridized carbons (Fsp3) is 0.647. The van der Waals surface area contributed by atoms with Crippen molar-refractivity contribution >= 4 is 57.8 Å². The Morgan fingerprint density at radius 1 is 1.36 bits per heavy atom. The van der Waals surface area contributed by atoms with E-state index < -0.39 is 0 Å². The zero-order chi connectivity index (χ0) is 19.8. The van der Waals surface area contributed by atoms with E-state index in [1.165, 1.54) is 7.11 Å². The van der Waals surface area contributed by atoms with E-state index in [1.807, 2.05) is 13.8 Å². The van der Waals surface area contributed by atoms with Crippen molar-refractivity contribution < 1.29 is 14.3 Å². The molecule has 1 N–H and O–H groups in total. The fourth-order valence-corrected chi connectivity index (χ4v) is 3.03. The molecule has 0 radical (unpaired) electrons. The minimum absolute atomic E-state index is 0. The average molecular weight is 571 g/mol. The van der Waals surface area contributed by atoms with Crippen LogP contribution in [0.2, 0.25) is 0 Å². The molecule has 2 heterocycles. The molecule has 0 aliphatic carbocycles. The van der Waals surface area contributed by atoms with Gasteiger partial charge in [0.05, 0.1) is 37.4 Å². The number of piperazine rings is 1. The first-order chi connectivity index (χ1) is 13.0. The molecular formula is C17H28BrIN6O3. The van der Waals surface area contributed by atoms with Crippen LogP contribution in [0.3, 0.4) is 0 Å². The van der Waals surface area contributed by atoms with Crippen molar-refractivity contribution in [3.8, 4) is 5.88 Å². The van der Waals surface area contributed by atoms with Gasteiger partial charge in [0.25, 0.3) is 0 Å². The lowest BCUT2D eigenvalue weighted by Crippen LogP contribution is -2.53. The van der Waals surface area contributed by atoms with Crippen molar-refractivity contribution in [3.63, 3.8) is 0 Å². The van der Waals surface area contributed by atoms with Crippen LogP contribution in [0.5, 0.6) is 5.88 Å². The van der Waals surface area contributed by atoms with Gasteiger partial charge in [-0.05, 0) is 22.9 Å². The zero-order valence-corrected chi connectivity index (χ0v) is 20.6. The van der Waals surface area contributed by atoms with Crippen LogP contribution in [0.1, 0.15) is 13.8 Å². The quantitative estimate of drug-likeness (QED) is 0.239. The van der Waals surface area contributed by atoms with Gasteiger partial charge >= 0.3 is 5.97 Å². The van der Waals surface area contributed by atoms with E-state index in [1.54, 1.807) is 13.3 Å². The lowest BCUT2D eigenvalue weighted by Gasteiger charge is -2.36. The monoisotopic (exact) mass is 570 g/mol. The minimum atomic E-state index is -0.270. The average Bonchev–Trinajstić information content (AvgIpc) is 2.70. The lowest BCUT2D eigenvalue weighted by atomic mass is 10.2.